The van der Waals surface area contributed by atoms with Gasteiger partial charge in [0.05, 0.1) is 5.56 Å². The molecule has 2 amide bonds. The molecule has 7 heteroatoms. The minimum absolute atomic E-state index is 0.113. The first kappa shape index (κ1) is 18.5. The quantitative estimate of drug-likeness (QED) is 0.584. The van der Waals surface area contributed by atoms with E-state index in [1.165, 1.54) is 23.5 Å². The third-order valence-corrected chi connectivity index (χ3v) is 4.78. The normalized spacial score (nSPS) is 10.4. The molecule has 0 saturated heterocycles. The number of aromatic hydroxyl groups is 1. The van der Waals surface area contributed by atoms with Gasteiger partial charge in [0.25, 0.3) is 11.8 Å². The van der Waals surface area contributed by atoms with Crippen molar-refractivity contribution in [3.8, 4) is 11.5 Å². The van der Waals surface area contributed by atoms with Crippen LogP contribution in [-0.2, 0) is 11.2 Å². The van der Waals surface area contributed by atoms with Gasteiger partial charge in [-0.25, -0.2) is 0 Å². The first-order chi connectivity index (χ1) is 13.0. The third-order valence-electron chi connectivity index (χ3n) is 3.73. The molecule has 0 saturated carbocycles. The van der Waals surface area contributed by atoms with E-state index in [2.05, 4.69) is 5.32 Å². The second kappa shape index (κ2) is 8.37. The summed E-state index contributed by atoms with van der Waals surface area (Å²) in [4.78, 5) is 24.8. The van der Waals surface area contributed by atoms with Crippen molar-refractivity contribution in [2.45, 2.75) is 6.42 Å². The van der Waals surface area contributed by atoms with Gasteiger partial charge in [-0.1, -0.05) is 30.3 Å². The van der Waals surface area contributed by atoms with Crippen LogP contribution in [0.4, 0.5) is 5.00 Å². The van der Waals surface area contributed by atoms with Crippen LogP contribution in [0.2, 0.25) is 0 Å². The van der Waals surface area contributed by atoms with Crippen LogP contribution in [0.1, 0.15) is 20.8 Å². The Morgan fingerprint density at radius 3 is 2.44 bits per heavy atom. The van der Waals surface area contributed by atoms with E-state index in [1.807, 2.05) is 30.3 Å². The zero-order valence-electron chi connectivity index (χ0n) is 14.3. The van der Waals surface area contributed by atoms with Gasteiger partial charge in [-0.2, -0.15) is 0 Å². The number of thiophene rings is 1. The molecule has 138 valence electrons. The van der Waals surface area contributed by atoms with Crippen molar-refractivity contribution in [1.82, 2.24) is 0 Å². The largest absolute Gasteiger partial charge is 0.508 e. The Morgan fingerprint density at radius 2 is 1.78 bits per heavy atom. The molecule has 6 nitrogen and oxygen atoms in total. The zero-order valence-corrected chi connectivity index (χ0v) is 15.2. The number of amides is 2. The molecule has 0 fully saturated rings. The molecule has 27 heavy (non-hydrogen) atoms. The van der Waals surface area contributed by atoms with Crippen molar-refractivity contribution in [1.29, 1.82) is 0 Å². The third kappa shape index (κ3) is 5.08. The van der Waals surface area contributed by atoms with Gasteiger partial charge in [0.15, 0.2) is 6.61 Å². The highest BCUT2D eigenvalue weighted by Gasteiger charge is 2.16. The van der Waals surface area contributed by atoms with Crippen molar-refractivity contribution in [3.63, 3.8) is 0 Å². The number of nitrogens with two attached hydrogens (primary N) is 1. The molecule has 0 bridgehead atoms. The number of nitrogens with one attached hydrogen (secondary N) is 1. The summed E-state index contributed by atoms with van der Waals surface area (Å²) in [6.07, 6.45) is 0.645. The molecule has 0 aliphatic rings. The van der Waals surface area contributed by atoms with E-state index in [9.17, 15) is 14.7 Å². The highest BCUT2D eigenvalue weighted by atomic mass is 32.1. The van der Waals surface area contributed by atoms with E-state index in [4.69, 9.17) is 10.5 Å². The fourth-order valence-corrected chi connectivity index (χ4v) is 3.57. The average Bonchev–Trinajstić information content (AvgIpc) is 3.04. The number of phenols is 1. The molecule has 3 rings (SSSR count). The monoisotopic (exact) mass is 382 g/mol. The number of hydrogen-bond donors (Lipinski definition) is 3. The Hall–Kier alpha value is -3.32. The second-order valence-electron chi connectivity index (χ2n) is 5.81. The standard InChI is InChI=1S/C20H18N2O4S/c21-19(25)17-11-16(10-13-4-2-1-3-5-13)27-20(17)22-18(24)12-26-15-8-6-14(23)7-9-15/h1-9,11,23H,10,12H2,(H2,21,25)(H,22,24). The highest BCUT2D eigenvalue weighted by molar-refractivity contribution is 7.16. The lowest BCUT2D eigenvalue weighted by Gasteiger charge is -2.07. The smallest absolute Gasteiger partial charge is 0.262 e. The van der Waals surface area contributed by atoms with E-state index in [0.717, 1.165) is 10.4 Å². The summed E-state index contributed by atoms with van der Waals surface area (Å²) in [5.41, 5.74) is 6.82. The van der Waals surface area contributed by atoms with Gasteiger partial charge in [-0.15, -0.1) is 11.3 Å². The first-order valence-corrected chi connectivity index (χ1v) is 9.01. The number of benzene rings is 2. The summed E-state index contributed by atoms with van der Waals surface area (Å²) in [6, 6.07) is 17.6. The van der Waals surface area contributed by atoms with Gasteiger partial charge in [-0.05, 0) is 35.9 Å². The van der Waals surface area contributed by atoms with E-state index < -0.39 is 11.8 Å². The van der Waals surface area contributed by atoms with Gasteiger partial charge in [-0.3, -0.25) is 9.59 Å². The summed E-state index contributed by atoms with van der Waals surface area (Å²) in [5.74, 6) is -0.435. The Kier molecular flexibility index (Phi) is 5.73. The van der Waals surface area contributed by atoms with E-state index in [0.29, 0.717) is 17.2 Å². The molecule has 0 radical (unpaired) electrons. The van der Waals surface area contributed by atoms with Crippen LogP contribution in [0, 0.1) is 0 Å². The van der Waals surface area contributed by atoms with Gasteiger partial charge >= 0.3 is 0 Å². The van der Waals surface area contributed by atoms with E-state index in [1.54, 1.807) is 18.2 Å². The number of carbonyl (C=O) groups excluding carboxylic acids is 2. The fourth-order valence-electron chi connectivity index (χ4n) is 2.46. The SMILES string of the molecule is NC(=O)c1cc(Cc2ccccc2)sc1NC(=O)COc1ccc(O)cc1. The Morgan fingerprint density at radius 1 is 1.07 bits per heavy atom. The minimum atomic E-state index is -0.597. The highest BCUT2D eigenvalue weighted by Crippen LogP contribution is 2.29. The molecular formula is C20H18N2O4S. The molecule has 1 aromatic heterocycles. The van der Waals surface area contributed by atoms with Crippen molar-refractivity contribution in [2.75, 3.05) is 11.9 Å². The van der Waals surface area contributed by atoms with Gasteiger partial charge in [0, 0.05) is 11.3 Å². The van der Waals surface area contributed by atoms with E-state index >= 15 is 0 Å². The van der Waals surface area contributed by atoms with Crippen LogP contribution in [0.15, 0.2) is 60.7 Å². The summed E-state index contributed by atoms with van der Waals surface area (Å²) in [7, 11) is 0. The van der Waals surface area contributed by atoms with Crippen molar-refractivity contribution in [2.24, 2.45) is 5.73 Å². The van der Waals surface area contributed by atoms with Gasteiger partial charge < -0.3 is 20.9 Å². The van der Waals surface area contributed by atoms with Crippen LogP contribution in [0.5, 0.6) is 11.5 Å². The van der Waals surface area contributed by atoms with Crippen LogP contribution in [0.3, 0.4) is 0 Å². The summed E-state index contributed by atoms with van der Waals surface area (Å²) < 4.78 is 5.36. The van der Waals surface area contributed by atoms with Crippen LogP contribution in [-0.4, -0.2) is 23.5 Å². The molecule has 0 aliphatic heterocycles. The molecule has 0 unspecified atom stereocenters. The molecule has 4 N–H and O–H groups in total. The number of primary amides is 1. The minimum Gasteiger partial charge on any atom is -0.508 e. The summed E-state index contributed by atoms with van der Waals surface area (Å²) >= 11 is 1.31. The average molecular weight is 382 g/mol. The number of phenolic OH excluding ortho intramolecular Hbond substituents is 1. The van der Waals surface area contributed by atoms with Gasteiger partial charge in [0.1, 0.15) is 16.5 Å². The lowest BCUT2D eigenvalue weighted by atomic mass is 10.1. The maximum atomic E-state index is 12.2. The molecule has 0 spiro atoms. The number of hydrogen-bond acceptors (Lipinski definition) is 5. The number of ether oxygens (including phenoxy) is 1. The molecule has 0 atom stereocenters. The Labute approximate surface area is 160 Å². The maximum absolute atomic E-state index is 12.2. The maximum Gasteiger partial charge on any atom is 0.262 e. The van der Waals surface area contributed by atoms with Crippen molar-refractivity contribution < 1.29 is 19.4 Å². The first-order valence-electron chi connectivity index (χ1n) is 8.19. The second-order valence-corrected chi connectivity index (χ2v) is 6.95. The van der Waals surface area contributed by atoms with E-state index in [-0.39, 0.29) is 17.9 Å². The number of carbonyl (C=O) groups is 2. The predicted molar refractivity (Wildman–Crippen MR) is 104 cm³/mol. The lowest BCUT2D eigenvalue weighted by Crippen LogP contribution is -2.21. The molecule has 0 aliphatic carbocycles. The Bertz CT molecular complexity index is 936. The number of rotatable bonds is 7. The predicted octanol–water partition coefficient (Wildman–Crippen LogP) is 3.16. The van der Waals surface area contributed by atoms with Crippen LogP contribution < -0.4 is 15.8 Å². The molecule has 3 aromatic rings. The van der Waals surface area contributed by atoms with Crippen molar-refractivity contribution in [3.05, 3.63) is 76.7 Å². The topological polar surface area (TPSA) is 102 Å². The van der Waals surface area contributed by atoms with Crippen LogP contribution in [0.25, 0.3) is 0 Å². The number of anilines is 1. The summed E-state index contributed by atoms with van der Waals surface area (Å²) in [5, 5.41) is 12.3. The summed E-state index contributed by atoms with van der Waals surface area (Å²) in [6.45, 7) is -0.227. The molecule has 2 aromatic carbocycles. The van der Waals surface area contributed by atoms with Crippen molar-refractivity contribution >= 4 is 28.2 Å². The van der Waals surface area contributed by atoms with Gasteiger partial charge in [0.2, 0.25) is 0 Å². The molecular weight excluding hydrogens is 364 g/mol. The zero-order chi connectivity index (χ0) is 19.2. The fraction of sp³-hybridized carbons (Fsp3) is 0.100. The van der Waals surface area contributed by atoms with Crippen LogP contribution >= 0.6 is 11.3 Å². The lowest BCUT2D eigenvalue weighted by molar-refractivity contribution is -0.118. The molecule has 1 heterocycles. The Balaban J connectivity index is 1.66.